The average Bonchev–Trinajstić information content (AvgIpc) is 1.56. The van der Waals surface area contributed by atoms with Crippen LogP contribution >= 0.6 is 7.37 Å². The van der Waals surface area contributed by atoms with E-state index in [1.807, 2.05) is 137 Å². The summed E-state index contributed by atoms with van der Waals surface area (Å²) >= 11 is 0. The van der Waals surface area contributed by atoms with Crippen LogP contribution in [0.2, 0.25) is 0 Å². The van der Waals surface area contributed by atoms with Gasteiger partial charge in [0.15, 0.2) is 29.1 Å². The summed E-state index contributed by atoms with van der Waals surface area (Å²) in [7, 11) is -0.926. The van der Waals surface area contributed by atoms with Crippen molar-refractivity contribution in [3.8, 4) is 5.75 Å². The lowest BCUT2D eigenvalue weighted by molar-refractivity contribution is -0.928. The van der Waals surface area contributed by atoms with Crippen molar-refractivity contribution in [3.05, 3.63) is 197 Å². The van der Waals surface area contributed by atoms with E-state index in [4.69, 9.17) is 28.2 Å². The maximum Gasteiger partial charge on any atom is 0.410 e. The minimum Gasteiger partial charge on any atom is -0.444 e. The van der Waals surface area contributed by atoms with E-state index in [-0.39, 0.29) is 37.1 Å². The third-order valence-corrected chi connectivity index (χ3v) is 22.6. The Morgan fingerprint density at radius 1 is 0.800 bits per heavy atom. The molecule has 11 rings (SSSR count). The number of carbonyl (C=O) groups is 3. The highest BCUT2D eigenvalue weighted by Gasteiger charge is 2.80. The molecule has 16 heteroatoms. The van der Waals surface area contributed by atoms with E-state index in [0.29, 0.717) is 86.3 Å². The molecule has 3 saturated carbocycles. The van der Waals surface area contributed by atoms with E-state index in [9.17, 15) is 24.4 Å². The fourth-order valence-corrected chi connectivity index (χ4v) is 17.7. The lowest BCUT2D eigenvalue weighted by Gasteiger charge is -2.62. The first-order chi connectivity index (χ1) is 45.3. The van der Waals surface area contributed by atoms with Crippen LogP contribution in [0.3, 0.4) is 0 Å². The van der Waals surface area contributed by atoms with E-state index in [1.54, 1.807) is 43.4 Å². The number of likely N-dealkylation sites (tertiary alicyclic amines) is 1. The Morgan fingerprint density at radius 2 is 1.40 bits per heavy atom. The highest BCUT2D eigenvalue weighted by atomic mass is 31.2. The molecule has 5 aromatic carbocycles. The number of unbranched alkanes of at least 4 members (excludes halogenated alkanes) is 4. The van der Waals surface area contributed by atoms with Crippen molar-refractivity contribution in [1.82, 2.24) is 4.90 Å². The van der Waals surface area contributed by atoms with Gasteiger partial charge in [0.25, 0.3) is 0 Å². The number of alkyl halides is 1. The number of rotatable bonds is 27. The second kappa shape index (κ2) is 28.7. The predicted octanol–water partition coefficient (Wildman–Crippen LogP) is 14.9. The third kappa shape index (κ3) is 14.6. The molecule has 0 bridgehead atoms. The number of fused-ring (bicyclic) bond motifs is 7. The summed E-state index contributed by atoms with van der Waals surface area (Å²) in [5.74, 6) is -1.35. The molecule has 5 aromatic rings. The van der Waals surface area contributed by atoms with Crippen LogP contribution in [0.4, 0.5) is 9.18 Å². The first kappa shape index (κ1) is 70.2. The number of carbonyl (C=O) groups excluding carboxylic acids is 3. The SMILES string of the molecule is CC(C)(C)OC(=O)N(CCCCCCOCCCCc1ccccc1)CC(O)c1ccc(C[N+]2(C)CCC(C3O[C@@H]4C[C@H]5[C@@H]6CCC7=CC(=O)C=C[C@]7(C)[C@@]6(F)[C@@H](O)C[C@]5(C)[C@]4(C(=O)COC(c4ccccc4)(c4ccccc4)c4ccccc4)O3)CC2)c(OP(C)(C)=O)c1. The number of hydrogen-bond donors (Lipinski definition) is 2. The van der Waals surface area contributed by atoms with Crippen molar-refractivity contribution in [2.45, 2.75) is 172 Å². The summed E-state index contributed by atoms with van der Waals surface area (Å²) in [4.78, 5) is 44.3. The molecule has 5 fully saturated rings. The molecule has 0 radical (unpaired) electrons. The normalized spacial score (nSPS) is 29.1. The number of nitrogens with zero attached hydrogens (tertiary/aromatic N) is 2. The van der Waals surface area contributed by atoms with Crippen molar-refractivity contribution >= 4 is 25.0 Å². The number of Topliss-reactive ketones (excluding diaryl/α,β-unsaturated/α-hetero) is 1. The summed E-state index contributed by atoms with van der Waals surface area (Å²) in [6, 6.07) is 45.8. The number of aryl methyl sites for hydroxylation is 1. The van der Waals surface area contributed by atoms with Crippen LogP contribution in [0.1, 0.15) is 151 Å². The Bertz CT molecular complexity index is 3480. The number of amides is 1. The van der Waals surface area contributed by atoms with Gasteiger partial charge in [0.2, 0.25) is 7.37 Å². The molecule has 95 heavy (non-hydrogen) atoms. The van der Waals surface area contributed by atoms with E-state index in [0.717, 1.165) is 73.8 Å². The van der Waals surface area contributed by atoms with Gasteiger partial charge in [0.1, 0.15) is 30.1 Å². The molecule has 0 aromatic heterocycles. The Kier molecular flexibility index (Phi) is 21.2. The molecule has 0 spiro atoms. The topological polar surface area (TPSA) is 167 Å². The van der Waals surface area contributed by atoms with Crippen LogP contribution < -0.4 is 4.52 Å². The molecule has 1 amide bonds. The fraction of sp³-hybridized carbons (Fsp3) is 0.532. The second-order valence-corrected chi connectivity index (χ2v) is 32.7. The molecule has 2 saturated heterocycles. The Balaban J connectivity index is 0.792. The van der Waals surface area contributed by atoms with E-state index < -0.39 is 83.2 Å². The van der Waals surface area contributed by atoms with Gasteiger partial charge in [-0.1, -0.05) is 159 Å². The van der Waals surface area contributed by atoms with Gasteiger partial charge in [-0.15, -0.1) is 0 Å². The molecule has 14 nitrogen and oxygen atoms in total. The standard InChI is InChI=1S/C79H101FN2O12P/c1-74(2,3)93-73(87)81(44-24-9-10-25-47-89-48-26-23-29-56-27-15-11-16-28-56)53-67(84)58-36-37-59(68(49-58)94-95(7,8)88)54-82(6)45-41-57(42-46-82)72-91-71-51-66-65-39-38-63-50-64(83)40-43-75(63,4)78(65,80)69(85)52-76(66,5)79(71,92-72)70(86)55-90-77(60-30-17-12-18-31-60,61-32-19-13-20-33-61)62-34-21-14-22-35-62/h11-22,27-28,30-37,40,43,49-50,57,65-67,69,71-72,84-85H,9-10,23-26,29,38-39,41-42,44-48,51-55H2,1-8H3/q+1/t57?,65-,66-,67?,69-,71+,72?,75-,76-,78-,79+,82?/m0/s1. The van der Waals surface area contributed by atoms with Gasteiger partial charge in [-0.3, -0.25) is 14.2 Å². The van der Waals surface area contributed by atoms with Gasteiger partial charge in [-0.05, 0) is 144 Å². The molecule has 6 aliphatic rings. The van der Waals surface area contributed by atoms with Crippen molar-refractivity contribution in [3.63, 3.8) is 0 Å². The van der Waals surface area contributed by atoms with Crippen LogP contribution in [0, 0.1) is 28.6 Å². The van der Waals surface area contributed by atoms with Gasteiger partial charge in [0.05, 0.1) is 45.0 Å². The van der Waals surface area contributed by atoms with Crippen molar-refractivity contribution in [1.29, 1.82) is 0 Å². The molecule has 2 unspecified atom stereocenters. The number of quaternary nitrogens is 1. The number of halogens is 1. The van der Waals surface area contributed by atoms with Crippen LogP contribution in [0.15, 0.2) is 163 Å². The van der Waals surface area contributed by atoms with Crippen LogP contribution in [0.5, 0.6) is 5.75 Å². The number of aliphatic hydroxyl groups excluding tert-OH is 2. The van der Waals surface area contributed by atoms with Crippen molar-refractivity contribution in [2.24, 2.45) is 28.6 Å². The monoisotopic (exact) mass is 1320 g/mol. The van der Waals surface area contributed by atoms with Crippen LogP contribution in [0.25, 0.3) is 0 Å². The van der Waals surface area contributed by atoms with Gasteiger partial charge < -0.3 is 47.8 Å². The lowest BCUT2D eigenvalue weighted by atomic mass is 9.44. The summed E-state index contributed by atoms with van der Waals surface area (Å²) in [6.45, 7) is 15.8. The lowest BCUT2D eigenvalue weighted by Crippen LogP contribution is -2.70. The molecule has 2 heterocycles. The summed E-state index contributed by atoms with van der Waals surface area (Å²) < 4.78 is 73.0. The highest BCUT2D eigenvalue weighted by molar-refractivity contribution is 7.57. The maximum atomic E-state index is 18.7. The number of ether oxygens (including phenoxy) is 5. The van der Waals surface area contributed by atoms with Gasteiger partial charge in [-0.25, -0.2) is 9.18 Å². The summed E-state index contributed by atoms with van der Waals surface area (Å²) in [6.07, 6.45) is 9.03. The zero-order valence-corrected chi connectivity index (χ0v) is 58.0. The zero-order chi connectivity index (χ0) is 67.4. The first-order valence-electron chi connectivity index (χ1n) is 34.8. The maximum absolute atomic E-state index is 18.7. The third-order valence-electron chi connectivity index (χ3n) is 21.9. The highest BCUT2D eigenvalue weighted by Crippen LogP contribution is 2.72. The zero-order valence-electron chi connectivity index (χ0n) is 57.1. The number of benzene rings is 5. The number of allylic oxidation sites excluding steroid dienone is 4. The van der Waals surface area contributed by atoms with Crippen molar-refractivity contribution in [2.75, 3.05) is 66.4 Å². The Hall–Kier alpha value is -6.13. The number of aliphatic hydroxyl groups is 2. The van der Waals surface area contributed by atoms with Gasteiger partial charge >= 0.3 is 6.09 Å². The van der Waals surface area contributed by atoms with E-state index in [2.05, 4.69) is 31.3 Å². The Labute approximate surface area is 562 Å². The number of ketones is 2. The minimum atomic E-state index is -3.11. The summed E-state index contributed by atoms with van der Waals surface area (Å²) in [5.41, 5.74) is -2.21. The molecule has 4 aliphatic carbocycles. The Morgan fingerprint density at radius 3 is 2.01 bits per heavy atom. The minimum absolute atomic E-state index is 0.0109. The second-order valence-electron chi connectivity index (χ2n) is 30.0. The predicted molar refractivity (Wildman–Crippen MR) is 367 cm³/mol. The smallest absolute Gasteiger partial charge is 0.410 e. The molecule has 10 atom stereocenters. The fourth-order valence-electron chi connectivity index (χ4n) is 17.1. The largest absolute Gasteiger partial charge is 0.444 e. The summed E-state index contributed by atoms with van der Waals surface area (Å²) in [5, 5.41) is 24.6. The quantitative estimate of drug-likeness (QED) is 0.0221. The first-order valence-corrected chi connectivity index (χ1v) is 37.3. The average molecular weight is 1320 g/mol. The number of piperidine rings is 1. The molecular formula is C79H101FN2O12P+. The molecular weight excluding hydrogens is 1220 g/mol. The van der Waals surface area contributed by atoms with E-state index in [1.165, 1.54) is 11.6 Å². The molecule has 2 N–H and O–H groups in total. The number of hydrogen-bond acceptors (Lipinski definition) is 12. The van der Waals surface area contributed by atoms with E-state index >= 15 is 9.18 Å². The van der Waals surface area contributed by atoms with Crippen molar-refractivity contribution < 1.29 is 66.2 Å². The molecule has 2 aliphatic heterocycles. The van der Waals surface area contributed by atoms with Crippen LogP contribution in [-0.2, 0) is 56.4 Å². The van der Waals surface area contributed by atoms with Gasteiger partial charge in [0, 0.05) is 74.2 Å². The van der Waals surface area contributed by atoms with Gasteiger partial charge in [-0.2, -0.15) is 0 Å². The molecule has 510 valence electrons. The van der Waals surface area contributed by atoms with Crippen LogP contribution in [-0.4, -0.2) is 139 Å².